The Balaban J connectivity index is 2.07. The summed E-state index contributed by atoms with van der Waals surface area (Å²) in [5, 5.41) is 4.29. The zero-order valence-electron chi connectivity index (χ0n) is 13.5. The molecule has 1 heteroatoms. The van der Waals surface area contributed by atoms with E-state index in [2.05, 4.69) is 115 Å². The van der Waals surface area contributed by atoms with Gasteiger partial charge in [-0.3, -0.25) is 0 Å². The van der Waals surface area contributed by atoms with Crippen LogP contribution in [0.15, 0.2) is 109 Å². The van der Waals surface area contributed by atoms with E-state index in [0.29, 0.717) is 5.54 Å². The van der Waals surface area contributed by atoms with Crippen molar-refractivity contribution in [2.24, 2.45) is 0 Å². The van der Waals surface area contributed by atoms with E-state index in [1.165, 1.54) is 15.6 Å². The molecule has 3 aromatic carbocycles. The smallest absolute Gasteiger partial charge is 0.0787 e. The number of hydrogen-bond donors (Lipinski definition) is 0. The highest BCUT2D eigenvalue weighted by atomic mass is 28.3. The topological polar surface area (TPSA) is 0 Å². The first-order chi connectivity index (χ1) is 11.9. The molecule has 0 saturated carbocycles. The van der Waals surface area contributed by atoms with Crippen molar-refractivity contribution in [3.05, 3.63) is 115 Å². The average molecular weight is 323 g/mol. The lowest BCUT2D eigenvalue weighted by Crippen LogP contribution is -2.69. The fourth-order valence-corrected chi connectivity index (χ4v) is 8.77. The minimum absolute atomic E-state index is 0.310. The number of allylic oxidation sites excluding steroid dienone is 4. The van der Waals surface area contributed by atoms with E-state index < -0.39 is 8.07 Å². The second kappa shape index (κ2) is 6.46. The van der Waals surface area contributed by atoms with Crippen LogP contribution in [0.25, 0.3) is 0 Å². The van der Waals surface area contributed by atoms with Gasteiger partial charge in [-0.25, -0.2) is 0 Å². The normalized spacial score (nSPS) is 14.2. The Kier molecular flexibility index (Phi) is 4.02. The Morgan fingerprint density at radius 3 is 1.33 bits per heavy atom. The molecule has 1 aliphatic rings. The summed E-state index contributed by atoms with van der Waals surface area (Å²) in [4.78, 5) is 0. The van der Waals surface area contributed by atoms with Crippen LogP contribution >= 0.6 is 0 Å². The standard InChI is InChI=1S/C23H19Si/c1-4-12-20(13-5-1)24(23-18-10-11-19-23,21-14-6-2-7-15-21)22-16-8-3-9-17-22/h1-18,23H. The third-order valence-electron chi connectivity index (χ3n) is 4.83. The first-order valence-corrected chi connectivity index (χ1v) is 10.4. The molecule has 0 spiro atoms. The molecule has 0 fully saturated rings. The molecule has 0 saturated heterocycles. The van der Waals surface area contributed by atoms with Crippen LogP contribution in [0.4, 0.5) is 0 Å². The quantitative estimate of drug-likeness (QED) is 0.509. The SMILES string of the molecule is [C]1=CC=CC1[Si](c1ccccc1)(c1ccccc1)c1ccccc1. The van der Waals surface area contributed by atoms with Gasteiger partial charge in [0, 0.05) is 5.54 Å². The van der Waals surface area contributed by atoms with Crippen LogP contribution in [0.3, 0.4) is 0 Å². The average Bonchev–Trinajstić information content (AvgIpc) is 3.20. The van der Waals surface area contributed by atoms with Crippen molar-refractivity contribution in [1.29, 1.82) is 0 Å². The molecule has 0 amide bonds. The molecule has 1 atom stereocenters. The van der Waals surface area contributed by atoms with Crippen LogP contribution in [0, 0.1) is 6.08 Å². The molecule has 24 heavy (non-hydrogen) atoms. The van der Waals surface area contributed by atoms with Crippen LogP contribution in [-0.4, -0.2) is 8.07 Å². The van der Waals surface area contributed by atoms with Gasteiger partial charge in [0.25, 0.3) is 0 Å². The summed E-state index contributed by atoms with van der Waals surface area (Å²) in [5.41, 5.74) is 0.310. The van der Waals surface area contributed by atoms with E-state index in [1.807, 2.05) is 0 Å². The highest BCUT2D eigenvalue weighted by Gasteiger charge is 2.44. The third kappa shape index (κ3) is 2.38. The molecule has 0 nitrogen and oxygen atoms in total. The Labute approximate surface area is 144 Å². The minimum atomic E-state index is -2.22. The van der Waals surface area contributed by atoms with Crippen molar-refractivity contribution < 1.29 is 0 Å². The molecule has 0 N–H and O–H groups in total. The van der Waals surface area contributed by atoms with Crippen LogP contribution in [0.1, 0.15) is 0 Å². The summed E-state index contributed by atoms with van der Waals surface area (Å²) >= 11 is 0. The predicted molar refractivity (Wildman–Crippen MR) is 105 cm³/mol. The molecule has 3 aromatic rings. The summed E-state index contributed by atoms with van der Waals surface area (Å²) in [6.45, 7) is 0. The molecule has 115 valence electrons. The van der Waals surface area contributed by atoms with Gasteiger partial charge in [0.05, 0.1) is 0 Å². The number of rotatable bonds is 4. The van der Waals surface area contributed by atoms with Crippen LogP contribution in [0.2, 0.25) is 5.54 Å². The molecule has 4 rings (SSSR count). The lowest BCUT2D eigenvalue weighted by atomic mass is 10.3. The molecule has 0 bridgehead atoms. The minimum Gasteiger partial charge on any atom is -0.0787 e. The van der Waals surface area contributed by atoms with Crippen LogP contribution in [0.5, 0.6) is 0 Å². The van der Waals surface area contributed by atoms with Gasteiger partial charge in [-0.15, -0.1) is 0 Å². The monoisotopic (exact) mass is 323 g/mol. The zero-order chi connectivity index (χ0) is 16.2. The fraction of sp³-hybridized carbons (Fsp3) is 0.0435. The highest BCUT2D eigenvalue weighted by Crippen LogP contribution is 2.28. The van der Waals surface area contributed by atoms with Gasteiger partial charge in [0.2, 0.25) is 0 Å². The largest absolute Gasteiger partial charge is 0.159 e. The molecule has 0 aromatic heterocycles. The molecular weight excluding hydrogens is 304 g/mol. The highest BCUT2D eigenvalue weighted by molar-refractivity contribution is 7.12. The first-order valence-electron chi connectivity index (χ1n) is 8.35. The molecule has 1 unspecified atom stereocenters. The van der Waals surface area contributed by atoms with Crippen molar-refractivity contribution >= 4 is 23.6 Å². The van der Waals surface area contributed by atoms with E-state index in [-0.39, 0.29) is 0 Å². The van der Waals surface area contributed by atoms with Crippen LogP contribution in [-0.2, 0) is 0 Å². The van der Waals surface area contributed by atoms with Gasteiger partial charge >= 0.3 is 0 Å². The van der Waals surface area contributed by atoms with Crippen molar-refractivity contribution in [1.82, 2.24) is 0 Å². The van der Waals surface area contributed by atoms with Crippen molar-refractivity contribution in [3.8, 4) is 0 Å². The maximum Gasteiger partial charge on any atom is 0.159 e. The van der Waals surface area contributed by atoms with E-state index >= 15 is 0 Å². The van der Waals surface area contributed by atoms with E-state index in [1.54, 1.807) is 0 Å². The lowest BCUT2D eigenvalue weighted by Gasteiger charge is -2.37. The molecule has 0 aliphatic heterocycles. The fourth-order valence-electron chi connectivity index (χ4n) is 3.79. The van der Waals surface area contributed by atoms with Gasteiger partial charge in [-0.2, -0.15) is 0 Å². The maximum absolute atomic E-state index is 3.62. The summed E-state index contributed by atoms with van der Waals surface area (Å²) in [5.74, 6) is 0. The maximum atomic E-state index is 3.62. The number of hydrogen-bond acceptors (Lipinski definition) is 0. The van der Waals surface area contributed by atoms with E-state index in [0.717, 1.165) is 0 Å². The molecular formula is C23H19Si. The summed E-state index contributed by atoms with van der Waals surface area (Å²) in [7, 11) is -2.22. The predicted octanol–water partition coefficient (Wildman–Crippen LogP) is 3.46. The first kappa shape index (κ1) is 14.9. The lowest BCUT2D eigenvalue weighted by molar-refractivity contribution is 1.30. The molecule has 1 aliphatic carbocycles. The second-order valence-corrected chi connectivity index (χ2v) is 10.1. The Bertz CT molecular complexity index is 740. The molecule has 0 heterocycles. The summed E-state index contributed by atoms with van der Waals surface area (Å²) in [6, 6.07) is 33.0. The summed E-state index contributed by atoms with van der Waals surface area (Å²) in [6.07, 6.45) is 10.1. The van der Waals surface area contributed by atoms with Gasteiger partial charge in [-0.1, -0.05) is 109 Å². The molecule has 1 radical (unpaired) electrons. The van der Waals surface area contributed by atoms with Gasteiger partial charge in [0.15, 0.2) is 8.07 Å². The Morgan fingerprint density at radius 1 is 0.583 bits per heavy atom. The van der Waals surface area contributed by atoms with Crippen LogP contribution < -0.4 is 15.6 Å². The van der Waals surface area contributed by atoms with E-state index in [4.69, 9.17) is 0 Å². The van der Waals surface area contributed by atoms with Gasteiger partial charge in [-0.05, 0) is 21.6 Å². The van der Waals surface area contributed by atoms with Crippen molar-refractivity contribution in [2.75, 3.05) is 0 Å². The zero-order valence-corrected chi connectivity index (χ0v) is 14.5. The Morgan fingerprint density at radius 2 is 1.00 bits per heavy atom. The second-order valence-electron chi connectivity index (χ2n) is 6.10. The van der Waals surface area contributed by atoms with Gasteiger partial charge < -0.3 is 0 Å². The van der Waals surface area contributed by atoms with E-state index in [9.17, 15) is 0 Å². The van der Waals surface area contributed by atoms with Crippen molar-refractivity contribution in [3.63, 3.8) is 0 Å². The Hall–Kier alpha value is -2.64. The number of benzene rings is 3. The third-order valence-corrected chi connectivity index (χ3v) is 9.85. The summed E-state index contributed by atoms with van der Waals surface area (Å²) < 4.78 is 0. The van der Waals surface area contributed by atoms with Gasteiger partial charge in [0.1, 0.15) is 0 Å². The van der Waals surface area contributed by atoms with Crippen molar-refractivity contribution in [2.45, 2.75) is 5.54 Å².